The topological polar surface area (TPSA) is 64.1 Å². The van der Waals surface area contributed by atoms with E-state index in [-0.39, 0.29) is 6.09 Å². The van der Waals surface area contributed by atoms with Crippen molar-refractivity contribution in [3.8, 4) is 11.5 Å². The summed E-state index contributed by atoms with van der Waals surface area (Å²) >= 11 is 0. The molecule has 7 heteroatoms. The van der Waals surface area contributed by atoms with E-state index in [2.05, 4.69) is 17.9 Å². The number of aryl methyl sites for hydroxylation is 1. The van der Waals surface area contributed by atoms with Gasteiger partial charge in [-0.05, 0) is 25.5 Å². The number of carbonyl (C=O) groups is 1. The maximum Gasteiger partial charge on any atom is 0.409 e. The van der Waals surface area contributed by atoms with Crippen LogP contribution in [-0.4, -0.2) is 63.0 Å². The Balaban J connectivity index is 1.86. The summed E-state index contributed by atoms with van der Waals surface area (Å²) in [6.07, 6.45) is -0.246. The van der Waals surface area contributed by atoms with Crippen molar-refractivity contribution in [2.45, 2.75) is 13.8 Å². The van der Waals surface area contributed by atoms with E-state index < -0.39 is 0 Å². The molecule has 0 bridgehead atoms. The quantitative estimate of drug-likeness (QED) is 0.836. The summed E-state index contributed by atoms with van der Waals surface area (Å²) in [5.74, 6) is 2.36. The number of benzene rings is 1. The van der Waals surface area contributed by atoms with Crippen LogP contribution in [0.2, 0.25) is 0 Å². The predicted molar refractivity (Wildman–Crippen MR) is 100 cm³/mol. The molecular formula is C19H25N3O4. The zero-order valence-corrected chi connectivity index (χ0v) is 15.7. The molecule has 0 radical (unpaired) electrons. The Hall–Kier alpha value is -2.70. The summed E-state index contributed by atoms with van der Waals surface area (Å²) in [5.41, 5.74) is 1.93. The number of nitrogens with zero attached hydrogens (tertiary/aromatic N) is 3. The smallest absolute Gasteiger partial charge is 0.409 e. The molecule has 7 nitrogen and oxygen atoms in total. The normalized spacial score (nSPS) is 14.5. The average Bonchev–Trinajstić information content (AvgIpc) is 2.67. The molecule has 0 spiro atoms. The van der Waals surface area contributed by atoms with Crippen LogP contribution in [0, 0.1) is 6.92 Å². The summed E-state index contributed by atoms with van der Waals surface area (Å²) in [7, 11) is 3.28. The third-order valence-electron chi connectivity index (χ3n) is 4.62. The fraction of sp³-hybridized carbons (Fsp3) is 0.474. The molecule has 1 fully saturated rings. The number of piperazine rings is 1. The molecule has 2 heterocycles. The lowest BCUT2D eigenvalue weighted by atomic mass is 10.1. The van der Waals surface area contributed by atoms with Gasteiger partial charge in [-0.2, -0.15) is 0 Å². The number of methoxy groups -OCH3 is 2. The highest BCUT2D eigenvalue weighted by Crippen LogP contribution is 2.34. The molecule has 1 aliphatic rings. The van der Waals surface area contributed by atoms with Crippen molar-refractivity contribution in [2.75, 3.05) is 51.9 Å². The molecular weight excluding hydrogens is 334 g/mol. The number of ether oxygens (including phenoxy) is 3. The van der Waals surface area contributed by atoms with Crippen molar-refractivity contribution in [1.82, 2.24) is 9.88 Å². The van der Waals surface area contributed by atoms with Gasteiger partial charge in [-0.1, -0.05) is 0 Å². The Morgan fingerprint density at radius 3 is 2.46 bits per heavy atom. The molecule has 140 valence electrons. The standard InChI is InChI=1S/C19H25N3O4/c1-5-26-19(23)22-8-6-21(7-9-22)17-10-13(2)18-15(20-17)11-14(24-3)12-16(18)25-4/h10-12H,5-9H2,1-4H3. The van der Waals surface area contributed by atoms with Gasteiger partial charge in [0.05, 0.1) is 26.3 Å². The first-order valence-corrected chi connectivity index (χ1v) is 8.77. The molecule has 2 aromatic rings. The van der Waals surface area contributed by atoms with E-state index in [1.807, 2.05) is 19.1 Å². The van der Waals surface area contributed by atoms with Crippen LogP contribution < -0.4 is 14.4 Å². The van der Waals surface area contributed by atoms with Crippen LogP contribution in [0.15, 0.2) is 18.2 Å². The zero-order chi connectivity index (χ0) is 18.7. The second kappa shape index (κ2) is 7.68. The van der Waals surface area contributed by atoms with Crippen molar-refractivity contribution in [2.24, 2.45) is 0 Å². The van der Waals surface area contributed by atoms with Gasteiger partial charge in [0.25, 0.3) is 0 Å². The maximum absolute atomic E-state index is 11.9. The van der Waals surface area contributed by atoms with Crippen molar-refractivity contribution in [3.63, 3.8) is 0 Å². The number of rotatable bonds is 4. The van der Waals surface area contributed by atoms with Crippen molar-refractivity contribution >= 4 is 22.8 Å². The van der Waals surface area contributed by atoms with E-state index >= 15 is 0 Å². The Labute approximate surface area is 153 Å². The molecule has 0 aliphatic carbocycles. The maximum atomic E-state index is 11.9. The van der Waals surface area contributed by atoms with Gasteiger partial charge in [0, 0.05) is 43.7 Å². The molecule has 1 aliphatic heterocycles. The minimum atomic E-state index is -0.246. The first-order valence-electron chi connectivity index (χ1n) is 8.77. The minimum Gasteiger partial charge on any atom is -0.497 e. The summed E-state index contributed by atoms with van der Waals surface area (Å²) in [6, 6.07) is 5.86. The van der Waals surface area contributed by atoms with E-state index in [1.165, 1.54) is 0 Å². The molecule has 0 saturated carbocycles. The third-order valence-corrected chi connectivity index (χ3v) is 4.62. The first-order chi connectivity index (χ1) is 12.6. The Bertz CT molecular complexity index is 801. The summed E-state index contributed by atoms with van der Waals surface area (Å²) < 4.78 is 15.9. The monoisotopic (exact) mass is 359 g/mol. The molecule has 26 heavy (non-hydrogen) atoms. The molecule has 1 aromatic carbocycles. The molecule has 3 rings (SSSR count). The van der Waals surface area contributed by atoms with Crippen LogP contribution in [0.1, 0.15) is 12.5 Å². The summed E-state index contributed by atoms with van der Waals surface area (Å²) in [6.45, 7) is 6.96. The molecule has 1 saturated heterocycles. The van der Waals surface area contributed by atoms with Gasteiger partial charge in [0.15, 0.2) is 0 Å². The summed E-state index contributed by atoms with van der Waals surface area (Å²) in [5, 5.41) is 0.988. The second-order valence-corrected chi connectivity index (χ2v) is 6.19. The SMILES string of the molecule is CCOC(=O)N1CCN(c2cc(C)c3c(OC)cc(OC)cc3n2)CC1. The number of amides is 1. The average molecular weight is 359 g/mol. The van der Waals surface area contributed by atoms with Crippen LogP contribution in [0.25, 0.3) is 10.9 Å². The van der Waals surface area contributed by atoms with E-state index in [4.69, 9.17) is 19.2 Å². The highest BCUT2D eigenvalue weighted by molar-refractivity contribution is 5.91. The molecule has 1 amide bonds. The van der Waals surface area contributed by atoms with Crippen molar-refractivity contribution in [1.29, 1.82) is 0 Å². The van der Waals surface area contributed by atoms with E-state index in [0.717, 1.165) is 41.1 Å². The minimum absolute atomic E-state index is 0.246. The van der Waals surface area contributed by atoms with Crippen LogP contribution in [-0.2, 0) is 4.74 Å². The Kier molecular flexibility index (Phi) is 5.35. The zero-order valence-electron chi connectivity index (χ0n) is 15.7. The van der Waals surface area contributed by atoms with Crippen molar-refractivity contribution in [3.05, 3.63) is 23.8 Å². The lowest BCUT2D eigenvalue weighted by Crippen LogP contribution is -2.49. The van der Waals surface area contributed by atoms with Crippen LogP contribution in [0.5, 0.6) is 11.5 Å². The number of fused-ring (bicyclic) bond motifs is 1. The number of hydrogen-bond donors (Lipinski definition) is 0. The third kappa shape index (κ3) is 3.47. The number of carbonyl (C=O) groups excluding carboxylic acids is 1. The fourth-order valence-electron chi connectivity index (χ4n) is 3.26. The van der Waals surface area contributed by atoms with E-state index in [9.17, 15) is 4.79 Å². The highest BCUT2D eigenvalue weighted by Gasteiger charge is 2.23. The lowest BCUT2D eigenvalue weighted by Gasteiger charge is -2.35. The van der Waals surface area contributed by atoms with E-state index in [1.54, 1.807) is 19.1 Å². The molecule has 0 N–H and O–H groups in total. The number of aromatic nitrogens is 1. The number of hydrogen-bond acceptors (Lipinski definition) is 6. The highest BCUT2D eigenvalue weighted by atomic mass is 16.6. The predicted octanol–water partition coefficient (Wildman–Crippen LogP) is 2.84. The van der Waals surface area contributed by atoms with Gasteiger partial charge in [-0.15, -0.1) is 0 Å². The number of pyridine rings is 1. The largest absolute Gasteiger partial charge is 0.497 e. The van der Waals surface area contributed by atoms with Gasteiger partial charge in [-0.25, -0.2) is 9.78 Å². The number of anilines is 1. The molecule has 0 atom stereocenters. The Morgan fingerprint density at radius 2 is 1.85 bits per heavy atom. The van der Waals surface area contributed by atoms with Gasteiger partial charge in [0.1, 0.15) is 17.3 Å². The molecule has 1 aromatic heterocycles. The molecule has 0 unspecified atom stereocenters. The van der Waals surface area contributed by atoms with E-state index in [0.29, 0.717) is 25.4 Å². The van der Waals surface area contributed by atoms with Crippen LogP contribution in [0.4, 0.5) is 10.6 Å². The summed E-state index contributed by atoms with van der Waals surface area (Å²) in [4.78, 5) is 20.6. The fourth-order valence-corrected chi connectivity index (χ4v) is 3.26. The second-order valence-electron chi connectivity index (χ2n) is 6.19. The van der Waals surface area contributed by atoms with Gasteiger partial charge >= 0.3 is 6.09 Å². The van der Waals surface area contributed by atoms with Gasteiger partial charge in [0.2, 0.25) is 0 Å². The van der Waals surface area contributed by atoms with Gasteiger partial charge in [-0.3, -0.25) is 0 Å². The first kappa shape index (κ1) is 18.1. The van der Waals surface area contributed by atoms with Crippen LogP contribution in [0.3, 0.4) is 0 Å². The van der Waals surface area contributed by atoms with Crippen molar-refractivity contribution < 1.29 is 19.0 Å². The van der Waals surface area contributed by atoms with Gasteiger partial charge < -0.3 is 24.0 Å². The Morgan fingerprint density at radius 1 is 1.12 bits per heavy atom. The van der Waals surface area contributed by atoms with Crippen LogP contribution >= 0.6 is 0 Å². The lowest BCUT2D eigenvalue weighted by molar-refractivity contribution is 0.105.